The van der Waals surface area contributed by atoms with E-state index in [1.807, 2.05) is 0 Å². The molecule has 2 aliphatic rings. The molecule has 2 fully saturated rings. The molecule has 5 nitrogen and oxygen atoms in total. The third kappa shape index (κ3) is 4.72. The first-order valence-electron chi connectivity index (χ1n) is 10.6. The molecule has 2 atom stereocenters. The number of hydrogen-bond donors (Lipinski definition) is 2. The standard InChI is InChI=1S/C22H30FN3O2/c23-18-6-7-19-20(12-18)25-21(24-19)10-17-14-26(9-8-16(17)11-22(27)28)13-15-4-2-1-3-5-15/h6-7,12,15-17H,1-5,8-11,13-14H2,(H,24,25)(H,27,28)/t16-,17-/m0/s1. The Labute approximate surface area is 165 Å². The van der Waals surface area contributed by atoms with Crippen molar-refractivity contribution in [2.75, 3.05) is 19.6 Å². The van der Waals surface area contributed by atoms with Crippen LogP contribution in [0.5, 0.6) is 0 Å². The first kappa shape index (κ1) is 19.4. The van der Waals surface area contributed by atoms with Gasteiger partial charge in [-0.3, -0.25) is 4.79 Å². The van der Waals surface area contributed by atoms with Gasteiger partial charge in [-0.25, -0.2) is 9.37 Å². The third-order valence-corrected chi connectivity index (χ3v) is 6.60. The van der Waals surface area contributed by atoms with Gasteiger partial charge in [0.15, 0.2) is 0 Å². The zero-order valence-electron chi connectivity index (χ0n) is 16.4. The van der Waals surface area contributed by atoms with Crippen LogP contribution in [0.25, 0.3) is 11.0 Å². The second-order valence-corrected chi connectivity index (χ2v) is 8.72. The number of nitrogens with one attached hydrogen (secondary N) is 1. The minimum absolute atomic E-state index is 0.171. The van der Waals surface area contributed by atoms with Gasteiger partial charge in [0, 0.05) is 25.9 Å². The number of carbonyl (C=O) groups is 1. The van der Waals surface area contributed by atoms with Crippen molar-refractivity contribution in [2.45, 2.75) is 51.4 Å². The number of aromatic amines is 1. The number of hydrogen-bond acceptors (Lipinski definition) is 3. The lowest BCUT2D eigenvalue weighted by atomic mass is 9.80. The minimum Gasteiger partial charge on any atom is -0.481 e. The Hall–Kier alpha value is -1.95. The van der Waals surface area contributed by atoms with Crippen LogP contribution in [-0.2, 0) is 11.2 Å². The smallest absolute Gasteiger partial charge is 0.303 e. The van der Waals surface area contributed by atoms with Crippen LogP contribution in [0.1, 0.15) is 50.8 Å². The molecule has 0 amide bonds. The Morgan fingerprint density at radius 1 is 1.21 bits per heavy atom. The molecule has 0 radical (unpaired) electrons. The Morgan fingerprint density at radius 2 is 2.04 bits per heavy atom. The number of benzene rings is 1. The molecular weight excluding hydrogens is 357 g/mol. The van der Waals surface area contributed by atoms with Crippen molar-refractivity contribution in [3.63, 3.8) is 0 Å². The van der Waals surface area contributed by atoms with Crippen molar-refractivity contribution in [1.82, 2.24) is 14.9 Å². The summed E-state index contributed by atoms with van der Waals surface area (Å²) in [5.41, 5.74) is 1.47. The van der Waals surface area contributed by atoms with Gasteiger partial charge in [-0.2, -0.15) is 0 Å². The van der Waals surface area contributed by atoms with Gasteiger partial charge in [0.1, 0.15) is 11.6 Å². The molecule has 0 bridgehead atoms. The molecule has 1 aliphatic carbocycles. The Morgan fingerprint density at radius 3 is 2.82 bits per heavy atom. The van der Waals surface area contributed by atoms with Gasteiger partial charge in [0.05, 0.1) is 11.0 Å². The number of nitrogens with zero attached hydrogens (tertiary/aromatic N) is 2. The molecule has 2 aromatic rings. The molecule has 4 rings (SSSR count). The summed E-state index contributed by atoms with van der Waals surface area (Å²) in [6.45, 7) is 3.07. The number of imidazole rings is 1. The predicted octanol–water partition coefficient (Wildman–Crippen LogP) is 4.24. The van der Waals surface area contributed by atoms with Crippen LogP contribution in [0.2, 0.25) is 0 Å². The molecule has 2 heterocycles. The van der Waals surface area contributed by atoms with Crippen LogP contribution >= 0.6 is 0 Å². The van der Waals surface area contributed by atoms with Crippen molar-refractivity contribution in [1.29, 1.82) is 0 Å². The highest BCUT2D eigenvalue weighted by Crippen LogP contribution is 2.32. The van der Waals surface area contributed by atoms with E-state index in [1.165, 1.54) is 44.2 Å². The fourth-order valence-corrected chi connectivity index (χ4v) is 5.16. The number of aliphatic carboxylic acids is 1. The van der Waals surface area contributed by atoms with Crippen molar-refractivity contribution in [3.05, 3.63) is 29.8 Å². The molecule has 28 heavy (non-hydrogen) atoms. The zero-order valence-corrected chi connectivity index (χ0v) is 16.4. The van der Waals surface area contributed by atoms with E-state index < -0.39 is 5.97 Å². The molecular formula is C22H30FN3O2. The molecule has 152 valence electrons. The number of H-pyrrole nitrogens is 1. The van der Waals surface area contributed by atoms with E-state index in [-0.39, 0.29) is 24.1 Å². The van der Waals surface area contributed by atoms with Crippen LogP contribution < -0.4 is 0 Å². The molecule has 6 heteroatoms. The maximum Gasteiger partial charge on any atom is 0.303 e. The number of halogens is 1. The molecule has 0 unspecified atom stereocenters. The van der Waals surface area contributed by atoms with Crippen molar-refractivity contribution < 1.29 is 14.3 Å². The van der Waals surface area contributed by atoms with Crippen molar-refractivity contribution in [2.24, 2.45) is 17.8 Å². The maximum absolute atomic E-state index is 13.5. The zero-order chi connectivity index (χ0) is 19.5. The SMILES string of the molecule is O=C(O)C[C@@H]1CCN(CC2CCCCC2)C[C@@H]1Cc1nc2ccc(F)cc2[nH]1. The first-order chi connectivity index (χ1) is 13.6. The number of piperidine rings is 1. The lowest BCUT2D eigenvalue weighted by molar-refractivity contribution is -0.139. The minimum atomic E-state index is -0.720. The van der Waals surface area contributed by atoms with Crippen molar-refractivity contribution >= 4 is 17.0 Å². The van der Waals surface area contributed by atoms with Crippen LogP contribution in [0.4, 0.5) is 4.39 Å². The number of carboxylic acids is 1. The number of carboxylic acid groups (broad SMARTS) is 1. The molecule has 1 aromatic carbocycles. The average molecular weight is 387 g/mol. The highest BCUT2D eigenvalue weighted by molar-refractivity contribution is 5.74. The Balaban J connectivity index is 1.46. The fraction of sp³-hybridized carbons (Fsp3) is 0.636. The van der Waals surface area contributed by atoms with E-state index in [2.05, 4.69) is 14.9 Å². The van der Waals surface area contributed by atoms with Gasteiger partial charge in [-0.15, -0.1) is 0 Å². The number of fused-ring (bicyclic) bond motifs is 1. The van der Waals surface area contributed by atoms with Crippen LogP contribution in [-0.4, -0.2) is 45.6 Å². The van der Waals surface area contributed by atoms with E-state index in [4.69, 9.17) is 0 Å². The topological polar surface area (TPSA) is 69.2 Å². The summed E-state index contributed by atoms with van der Waals surface area (Å²) >= 11 is 0. The number of rotatable bonds is 6. The van der Waals surface area contributed by atoms with E-state index in [1.54, 1.807) is 6.07 Å². The van der Waals surface area contributed by atoms with E-state index >= 15 is 0 Å². The largest absolute Gasteiger partial charge is 0.481 e. The Kier molecular flexibility index (Phi) is 5.95. The van der Waals surface area contributed by atoms with Crippen LogP contribution in [0.15, 0.2) is 18.2 Å². The second-order valence-electron chi connectivity index (χ2n) is 8.72. The summed E-state index contributed by atoms with van der Waals surface area (Å²) in [5.74, 6) is 1.06. The fourth-order valence-electron chi connectivity index (χ4n) is 5.16. The lowest BCUT2D eigenvalue weighted by Crippen LogP contribution is -2.44. The van der Waals surface area contributed by atoms with Gasteiger partial charge in [-0.05, 0) is 61.8 Å². The molecule has 1 saturated heterocycles. The van der Waals surface area contributed by atoms with Crippen LogP contribution in [0, 0.1) is 23.6 Å². The quantitative estimate of drug-likeness (QED) is 0.778. The molecule has 2 N–H and O–H groups in total. The summed E-state index contributed by atoms with van der Waals surface area (Å²) in [6, 6.07) is 4.58. The molecule has 1 saturated carbocycles. The third-order valence-electron chi connectivity index (χ3n) is 6.60. The lowest BCUT2D eigenvalue weighted by Gasteiger charge is -2.40. The average Bonchev–Trinajstić information content (AvgIpc) is 3.06. The molecule has 0 spiro atoms. The number of aromatic nitrogens is 2. The summed E-state index contributed by atoms with van der Waals surface area (Å²) in [4.78, 5) is 21.8. The van der Waals surface area contributed by atoms with Gasteiger partial charge >= 0.3 is 5.97 Å². The highest BCUT2D eigenvalue weighted by Gasteiger charge is 2.32. The highest BCUT2D eigenvalue weighted by atomic mass is 19.1. The van der Waals surface area contributed by atoms with Gasteiger partial charge in [0.25, 0.3) is 0 Å². The molecule has 1 aliphatic heterocycles. The van der Waals surface area contributed by atoms with E-state index in [9.17, 15) is 14.3 Å². The summed E-state index contributed by atoms with van der Waals surface area (Å²) in [6.07, 6.45) is 8.58. The summed E-state index contributed by atoms with van der Waals surface area (Å²) < 4.78 is 13.5. The van der Waals surface area contributed by atoms with Gasteiger partial charge in [0.2, 0.25) is 0 Å². The van der Waals surface area contributed by atoms with Gasteiger partial charge < -0.3 is 15.0 Å². The second kappa shape index (κ2) is 8.60. The van der Waals surface area contributed by atoms with Gasteiger partial charge in [-0.1, -0.05) is 19.3 Å². The summed E-state index contributed by atoms with van der Waals surface area (Å²) in [7, 11) is 0. The maximum atomic E-state index is 13.5. The van der Waals surface area contributed by atoms with E-state index in [0.717, 1.165) is 49.7 Å². The van der Waals surface area contributed by atoms with E-state index in [0.29, 0.717) is 5.52 Å². The normalized spacial score (nSPS) is 24.6. The number of likely N-dealkylation sites (tertiary alicyclic amines) is 1. The monoisotopic (exact) mass is 387 g/mol. The Bertz CT molecular complexity index is 815. The van der Waals surface area contributed by atoms with Crippen molar-refractivity contribution in [3.8, 4) is 0 Å². The first-order valence-corrected chi connectivity index (χ1v) is 10.6. The molecule has 1 aromatic heterocycles. The predicted molar refractivity (Wildman–Crippen MR) is 107 cm³/mol. The summed E-state index contributed by atoms with van der Waals surface area (Å²) in [5, 5.41) is 9.34. The van der Waals surface area contributed by atoms with Crippen LogP contribution in [0.3, 0.4) is 0 Å².